The molecule has 3 fully saturated rings. The molecule has 154 valence electrons. The van der Waals surface area contributed by atoms with Crippen molar-refractivity contribution in [3.8, 4) is 0 Å². The zero-order valence-electron chi connectivity index (χ0n) is 16.7. The fraction of sp³-hybridized carbons (Fsp3) is 0.682. The molecule has 6 heteroatoms. The van der Waals surface area contributed by atoms with E-state index in [1.54, 1.807) is 0 Å². The van der Waals surface area contributed by atoms with Crippen molar-refractivity contribution in [1.82, 2.24) is 9.80 Å². The van der Waals surface area contributed by atoms with Gasteiger partial charge in [-0.2, -0.15) is 0 Å². The highest BCUT2D eigenvalue weighted by atomic mass is 16.5. The topological polar surface area (TPSA) is 51.2 Å². The second-order valence-electron chi connectivity index (χ2n) is 8.01. The fourth-order valence-corrected chi connectivity index (χ4v) is 4.28. The summed E-state index contributed by atoms with van der Waals surface area (Å²) in [6.45, 7) is 7.30. The predicted octanol–water partition coefficient (Wildman–Crippen LogP) is 2.32. The van der Waals surface area contributed by atoms with Gasteiger partial charge < -0.3 is 19.1 Å². The SMILES string of the molecule is O=C(c1ccccc1CN1CCOCC1)N1CCC(OCC2CCCO2)CC1. The van der Waals surface area contributed by atoms with Gasteiger partial charge in [0.1, 0.15) is 0 Å². The summed E-state index contributed by atoms with van der Waals surface area (Å²) in [5.41, 5.74) is 1.96. The predicted molar refractivity (Wildman–Crippen MR) is 106 cm³/mol. The van der Waals surface area contributed by atoms with Gasteiger partial charge in [0.25, 0.3) is 5.91 Å². The quantitative estimate of drug-likeness (QED) is 0.749. The largest absolute Gasteiger partial charge is 0.379 e. The number of piperidine rings is 1. The van der Waals surface area contributed by atoms with Gasteiger partial charge in [0.15, 0.2) is 0 Å². The van der Waals surface area contributed by atoms with Crippen molar-refractivity contribution in [2.75, 3.05) is 52.6 Å². The second-order valence-corrected chi connectivity index (χ2v) is 8.01. The smallest absolute Gasteiger partial charge is 0.254 e. The molecule has 0 aliphatic carbocycles. The molecular weight excluding hydrogens is 356 g/mol. The molecule has 1 unspecified atom stereocenters. The zero-order valence-corrected chi connectivity index (χ0v) is 16.7. The molecule has 3 aliphatic heterocycles. The van der Waals surface area contributed by atoms with E-state index < -0.39 is 0 Å². The van der Waals surface area contributed by atoms with Crippen LogP contribution < -0.4 is 0 Å². The summed E-state index contributed by atoms with van der Waals surface area (Å²) in [6.07, 6.45) is 4.58. The first-order valence-corrected chi connectivity index (χ1v) is 10.7. The number of carbonyl (C=O) groups is 1. The van der Waals surface area contributed by atoms with Gasteiger partial charge in [0.2, 0.25) is 0 Å². The van der Waals surface area contributed by atoms with Crippen LogP contribution >= 0.6 is 0 Å². The number of carbonyl (C=O) groups excluding carboxylic acids is 1. The summed E-state index contributed by atoms with van der Waals surface area (Å²) in [5, 5.41) is 0. The molecule has 1 atom stereocenters. The standard InChI is InChI=1S/C22H32N2O4/c25-22(21-6-2-1-4-18(21)16-23-11-14-26-15-12-23)24-9-7-19(8-10-24)28-17-20-5-3-13-27-20/h1-2,4,6,19-20H,3,5,7-17H2. The van der Waals surface area contributed by atoms with Gasteiger partial charge in [-0.15, -0.1) is 0 Å². The molecule has 6 nitrogen and oxygen atoms in total. The minimum Gasteiger partial charge on any atom is -0.379 e. The van der Waals surface area contributed by atoms with E-state index in [1.807, 2.05) is 23.1 Å². The van der Waals surface area contributed by atoms with Crippen LogP contribution in [0.2, 0.25) is 0 Å². The van der Waals surface area contributed by atoms with Gasteiger partial charge in [-0.1, -0.05) is 18.2 Å². The van der Waals surface area contributed by atoms with Crippen LogP contribution in [-0.2, 0) is 20.8 Å². The van der Waals surface area contributed by atoms with Crippen LogP contribution in [0.5, 0.6) is 0 Å². The van der Waals surface area contributed by atoms with Crippen LogP contribution in [-0.4, -0.2) is 80.5 Å². The van der Waals surface area contributed by atoms with Gasteiger partial charge in [-0.05, 0) is 37.3 Å². The maximum Gasteiger partial charge on any atom is 0.254 e. The lowest BCUT2D eigenvalue weighted by Gasteiger charge is -2.33. The van der Waals surface area contributed by atoms with Crippen LogP contribution in [0.25, 0.3) is 0 Å². The van der Waals surface area contributed by atoms with E-state index in [0.29, 0.717) is 6.61 Å². The average molecular weight is 389 g/mol. The number of rotatable bonds is 6. The minimum atomic E-state index is 0.154. The molecule has 0 bridgehead atoms. The third-order valence-electron chi connectivity index (χ3n) is 6.02. The summed E-state index contributed by atoms with van der Waals surface area (Å²) < 4.78 is 17.1. The Bertz CT molecular complexity index is 633. The molecule has 0 radical (unpaired) electrons. The van der Waals surface area contributed by atoms with E-state index in [4.69, 9.17) is 14.2 Å². The summed E-state index contributed by atoms with van der Waals surface area (Å²) in [6, 6.07) is 8.05. The Labute approximate surface area is 167 Å². The number of nitrogens with zero attached hydrogens (tertiary/aromatic N) is 2. The van der Waals surface area contributed by atoms with Gasteiger partial charge in [0.05, 0.1) is 32.0 Å². The molecule has 0 saturated carbocycles. The Kier molecular flexibility index (Phi) is 6.96. The van der Waals surface area contributed by atoms with Crippen molar-refractivity contribution in [2.24, 2.45) is 0 Å². The van der Waals surface area contributed by atoms with E-state index in [9.17, 15) is 4.79 Å². The summed E-state index contributed by atoms with van der Waals surface area (Å²) in [5.74, 6) is 0.154. The van der Waals surface area contributed by atoms with E-state index in [1.165, 1.54) is 0 Å². The molecule has 0 aromatic heterocycles. The lowest BCUT2D eigenvalue weighted by Crippen LogP contribution is -2.42. The van der Waals surface area contributed by atoms with Crippen molar-refractivity contribution < 1.29 is 19.0 Å². The van der Waals surface area contributed by atoms with E-state index in [0.717, 1.165) is 89.4 Å². The Hall–Kier alpha value is -1.47. The van der Waals surface area contributed by atoms with Crippen molar-refractivity contribution in [3.05, 3.63) is 35.4 Å². The third-order valence-corrected chi connectivity index (χ3v) is 6.02. The van der Waals surface area contributed by atoms with Crippen LogP contribution in [0, 0.1) is 0 Å². The summed E-state index contributed by atoms with van der Waals surface area (Å²) >= 11 is 0. The highest BCUT2D eigenvalue weighted by molar-refractivity contribution is 5.95. The van der Waals surface area contributed by atoms with Crippen LogP contribution in [0.15, 0.2) is 24.3 Å². The monoisotopic (exact) mass is 388 g/mol. The Morgan fingerprint density at radius 3 is 2.57 bits per heavy atom. The molecular formula is C22H32N2O4. The van der Waals surface area contributed by atoms with Crippen molar-refractivity contribution in [3.63, 3.8) is 0 Å². The zero-order chi connectivity index (χ0) is 19.2. The molecule has 0 spiro atoms. The number of hydrogen-bond acceptors (Lipinski definition) is 5. The molecule has 3 saturated heterocycles. The Balaban J connectivity index is 1.30. The third kappa shape index (κ3) is 5.11. The molecule has 28 heavy (non-hydrogen) atoms. The number of ether oxygens (including phenoxy) is 3. The van der Waals surface area contributed by atoms with Gasteiger partial charge in [-0.3, -0.25) is 9.69 Å². The second kappa shape index (κ2) is 9.83. The average Bonchev–Trinajstić information content (AvgIpc) is 3.27. The maximum atomic E-state index is 13.2. The van der Waals surface area contributed by atoms with Crippen molar-refractivity contribution >= 4 is 5.91 Å². The molecule has 0 N–H and O–H groups in total. The number of morpholine rings is 1. The highest BCUT2D eigenvalue weighted by Gasteiger charge is 2.27. The lowest BCUT2D eigenvalue weighted by molar-refractivity contribution is -0.0395. The minimum absolute atomic E-state index is 0.154. The summed E-state index contributed by atoms with van der Waals surface area (Å²) in [7, 11) is 0. The van der Waals surface area contributed by atoms with Crippen LogP contribution in [0.4, 0.5) is 0 Å². The molecule has 3 aliphatic rings. The maximum absolute atomic E-state index is 13.2. The normalized spacial score (nSPS) is 24.6. The molecule has 1 aromatic rings. The van der Waals surface area contributed by atoms with Gasteiger partial charge >= 0.3 is 0 Å². The molecule has 3 heterocycles. The summed E-state index contributed by atoms with van der Waals surface area (Å²) in [4.78, 5) is 17.5. The Morgan fingerprint density at radius 2 is 1.82 bits per heavy atom. The molecule has 1 aromatic carbocycles. The van der Waals surface area contributed by atoms with Crippen LogP contribution in [0.1, 0.15) is 41.6 Å². The molecule has 1 amide bonds. The van der Waals surface area contributed by atoms with E-state index in [2.05, 4.69) is 11.0 Å². The number of likely N-dealkylation sites (tertiary alicyclic amines) is 1. The van der Waals surface area contributed by atoms with Crippen molar-refractivity contribution in [1.29, 1.82) is 0 Å². The fourth-order valence-electron chi connectivity index (χ4n) is 4.28. The van der Waals surface area contributed by atoms with Gasteiger partial charge in [-0.25, -0.2) is 0 Å². The first-order chi connectivity index (χ1) is 13.8. The molecule has 4 rings (SSSR count). The van der Waals surface area contributed by atoms with E-state index in [-0.39, 0.29) is 18.1 Å². The first kappa shape index (κ1) is 19.8. The number of amides is 1. The lowest BCUT2D eigenvalue weighted by atomic mass is 10.0. The highest BCUT2D eigenvalue weighted by Crippen LogP contribution is 2.21. The number of benzene rings is 1. The first-order valence-electron chi connectivity index (χ1n) is 10.7. The van der Waals surface area contributed by atoms with Crippen molar-refractivity contribution in [2.45, 2.75) is 44.4 Å². The van der Waals surface area contributed by atoms with Gasteiger partial charge in [0, 0.05) is 44.9 Å². The Morgan fingerprint density at radius 1 is 1.04 bits per heavy atom. The van der Waals surface area contributed by atoms with Crippen LogP contribution in [0.3, 0.4) is 0 Å². The number of hydrogen-bond donors (Lipinski definition) is 0. The van der Waals surface area contributed by atoms with E-state index >= 15 is 0 Å².